The highest BCUT2D eigenvalue weighted by Gasteiger charge is 2.17. The first-order valence-electron chi connectivity index (χ1n) is 8.16. The molecule has 0 amide bonds. The van der Waals surface area contributed by atoms with Gasteiger partial charge in [0.1, 0.15) is 0 Å². The molecular formula is C22H23N. The summed E-state index contributed by atoms with van der Waals surface area (Å²) < 4.78 is 0. The van der Waals surface area contributed by atoms with Crippen LogP contribution < -0.4 is 4.90 Å². The van der Waals surface area contributed by atoms with E-state index in [4.69, 9.17) is 0 Å². The summed E-state index contributed by atoms with van der Waals surface area (Å²) in [6, 6.07) is 15.1. The quantitative estimate of drug-likeness (QED) is 0.639. The molecule has 0 aromatic heterocycles. The third kappa shape index (κ3) is 3.14. The fourth-order valence-electron chi connectivity index (χ4n) is 3.01. The first kappa shape index (κ1) is 15.4. The standard InChI is InChI=1S/C22H23N/c1-4-21-18(3)9-8-12-22(21)23(19-10-6-5-7-11-19)20-15-13-17(2)14-16-20/h4,6,8-16H,1,5,7H2,2-3H3. The molecule has 1 nitrogen and oxygen atoms in total. The average molecular weight is 301 g/mol. The second kappa shape index (κ2) is 6.70. The molecule has 0 unspecified atom stereocenters. The second-order valence-corrected chi connectivity index (χ2v) is 5.99. The molecule has 3 rings (SSSR count). The molecule has 0 saturated carbocycles. The van der Waals surface area contributed by atoms with Gasteiger partial charge in [-0.2, -0.15) is 0 Å². The van der Waals surface area contributed by atoms with Crippen LogP contribution in [0.2, 0.25) is 0 Å². The lowest BCUT2D eigenvalue weighted by molar-refractivity contribution is 0.996. The summed E-state index contributed by atoms with van der Waals surface area (Å²) in [7, 11) is 0. The van der Waals surface area contributed by atoms with Crippen molar-refractivity contribution in [3.8, 4) is 0 Å². The fourth-order valence-corrected chi connectivity index (χ4v) is 3.01. The Morgan fingerprint density at radius 1 is 1.00 bits per heavy atom. The zero-order valence-electron chi connectivity index (χ0n) is 13.9. The predicted octanol–water partition coefficient (Wildman–Crippen LogP) is 6.32. The van der Waals surface area contributed by atoms with Crippen molar-refractivity contribution in [1.82, 2.24) is 0 Å². The van der Waals surface area contributed by atoms with Crippen molar-refractivity contribution >= 4 is 17.5 Å². The maximum atomic E-state index is 4.02. The van der Waals surface area contributed by atoms with Gasteiger partial charge in [-0.15, -0.1) is 0 Å². The number of allylic oxidation sites excluding steroid dienone is 3. The molecule has 2 aromatic carbocycles. The van der Waals surface area contributed by atoms with Gasteiger partial charge < -0.3 is 4.90 Å². The monoisotopic (exact) mass is 301 g/mol. The van der Waals surface area contributed by atoms with Crippen LogP contribution in [0.3, 0.4) is 0 Å². The Balaban J connectivity index is 2.18. The summed E-state index contributed by atoms with van der Waals surface area (Å²) in [6.45, 7) is 8.28. The summed E-state index contributed by atoms with van der Waals surface area (Å²) in [5.74, 6) is 0. The van der Waals surface area contributed by atoms with Crippen LogP contribution in [0.5, 0.6) is 0 Å². The lowest BCUT2D eigenvalue weighted by Gasteiger charge is -2.29. The van der Waals surface area contributed by atoms with Crippen LogP contribution in [0.15, 0.2) is 73.0 Å². The smallest absolute Gasteiger partial charge is 0.0536 e. The minimum Gasteiger partial charge on any atom is -0.310 e. The van der Waals surface area contributed by atoms with Crippen LogP contribution in [0.4, 0.5) is 11.4 Å². The number of benzene rings is 2. The van der Waals surface area contributed by atoms with E-state index in [9.17, 15) is 0 Å². The van der Waals surface area contributed by atoms with Crippen molar-refractivity contribution in [3.05, 3.63) is 89.7 Å². The molecule has 116 valence electrons. The van der Waals surface area contributed by atoms with Gasteiger partial charge in [-0.3, -0.25) is 0 Å². The Hall–Kier alpha value is -2.54. The third-order valence-corrected chi connectivity index (χ3v) is 4.27. The minimum atomic E-state index is 1.09. The van der Waals surface area contributed by atoms with Crippen molar-refractivity contribution in [1.29, 1.82) is 0 Å². The molecule has 0 bridgehead atoms. The molecule has 23 heavy (non-hydrogen) atoms. The van der Waals surface area contributed by atoms with E-state index in [0.29, 0.717) is 0 Å². The van der Waals surface area contributed by atoms with E-state index in [-0.39, 0.29) is 0 Å². The highest BCUT2D eigenvalue weighted by molar-refractivity contribution is 5.79. The van der Waals surface area contributed by atoms with Gasteiger partial charge in [0.25, 0.3) is 0 Å². The molecule has 0 aliphatic heterocycles. The van der Waals surface area contributed by atoms with Gasteiger partial charge in [0.2, 0.25) is 0 Å². The zero-order chi connectivity index (χ0) is 16.2. The van der Waals surface area contributed by atoms with E-state index in [1.54, 1.807) is 0 Å². The topological polar surface area (TPSA) is 3.24 Å². The molecule has 0 fully saturated rings. The van der Waals surface area contributed by atoms with Gasteiger partial charge in [0, 0.05) is 16.9 Å². The zero-order valence-corrected chi connectivity index (χ0v) is 13.9. The molecule has 1 aliphatic rings. The largest absolute Gasteiger partial charge is 0.310 e. The Kier molecular flexibility index (Phi) is 4.47. The summed E-state index contributed by atoms with van der Waals surface area (Å²) >= 11 is 0. The summed E-state index contributed by atoms with van der Waals surface area (Å²) in [5, 5.41) is 0. The first-order chi connectivity index (χ1) is 11.2. The normalized spacial score (nSPS) is 13.6. The third-order valence-electron chi connectivity index (χ3n) is 4.27. The number of anilines is 2. The predicted molar refractivity (Wildman–Crippen MR) is 101 cm³/mol. The maximum absolute atomic E-state index is 4.02. The second-order valence-electron chi connectivity index (χ2n) is 5.99. The van der Waals surface area contributed by atoms with Gasteiger partial charge >= 0.3 is 0 Å². The SMILES string of the molecule is C=Cc1c(C)cccc1N(C1=CCCC=C1)c1ccc(C)cc1. The number of hydrogen-bond acceptors (Lipinski definition) is 1. The van der Waals surface area contributed by atoms with E-state index in [1.165, 1.54) is 33.8 Å². The molecule has 0 N–H and O–H groups in total. The highest BCUT2D eigenvalue weighted by atomic mass is 15.1. The number of rotatable bonds is 4. The summed E-state index contributed by atoms with van der Waals surface area (Å²) in [6.07, 6.45) is 10.9. The molecule has 0 saturated heterocycles. The molecule has 0 atom stereocenters. The average Bonchev–Trinajstić information content (AvgIpc) is 2.58. The van der Waals surface area contributed by atoms with E-state index in [1.807, 2.05) is 6.08 Å². The Labute approximate surface area is 139 Å². The van der Waals surface area contributed by atoms with Gasteiger partial charge in [0.05, 0.1) is 5.69 Å². The van der Waals surface area contributed by atoms with E-state index >= 15 is 0 Å². The van der Waals surface area contributed by atoms with Crippen LogP contribution in [-0.2, 0) is 0 Å². The van der Waals surface area contributed by atoms with E-state index in [2.05, 4.69) is 86.0 Å². The van der Waals surface area contributed by atoms with Crippen molar-refractivity contribution in [3.63, 3.8) is 0 Å². The van der Waals surface area contributed by atoms with E-state index in [0.717, 1.165) is 12.8 Å². The lowest BCUT2D eigenvalue weighted by atomic mass is 10.0. The van der Waals surface area contributed by atoms with Crippen LogP contribution in [0.25, 0.3) is 6.08 Å². The Morgan fingerprint density at radius 3 is 2.43 bits per heavy atom. The molecule has 0 spiro atoms. The lowest BCUT2D eigenvalue weighted by Crippen LogP contribution is -2.17. The highest BCUT2D eigenvalue weighted by Crippen LogP contribution is 2.36. The number of hydrogen-bond donors (Lipinski definition) is 0. The van der Waals surface area contributed by atoms with E-state index < -0.39 is 0 Å². The van der Waals surface area contributed by atoms with Crippen molar-refractivity contribution in [2.45, 2.75) is 26.7 Å². The Morgan fingerprint density at radius 2 is 1.78 bits per heavy atom. The maximum Gasteiger partial charge on any atom is 0.0536 e. The number of aryl methyl sites for hydroxylation is 2. The van der Waals surface area contributed by atoms with Crippen molar-refractivity contribution in [2.75, 3.05) is 4.90 Å². The van der Waals surface area contributed by atoms with Gasteiger partial charge in [0.15, 0.2) is 0 Å². The molecule has 2 aromatic rings. The fraction of sp³-hybridized carbons (Fsp3) is 0.182. The Bertz CT molecular complexity index is 763. The first-order valence-corrected chi connectivity index (χ1v) is 8.16. The number of nitrogens with zero attached hydrogens (tertiary/aromatic N) is 1. The minimum absolute atomic E-state index is 1.09. The summed E-state index contributed by atoms with van der Waals surface area (Å²) in [4.78, 5) is 2.33. The molecule has 0 heterocycles. The molecule has 0 radical (unpaired) electrons. The van der Waals surface area contributed by atoms with Crippen LogP contribution >= 0.6 is 0 Å². The molecular weight excluding hydrogens is 278 g/mol. The van der Waals surface area contributed by atoms with Gasteiger partial charge in [-0.05, 0) is 56.5 Å². The summed E-state index contributed by atoms with van der Waals surface area (Å²) in [5.41, 5.74) is 7.30. The molecule has 1 heteroatoms. The van der Waals surface area contributed by atoms with Crippen molar-refractivity contribution < 1.29 is 0 Å². The van der Waals surface area contributed by atoms with Crippen molar-refractivity contribution in [2.24, 2.45) is 0 Å². The molecule has 1 aliphatic carbocycles. The van der Waals surface area contributed by atoms with Gasteiger partial charge in [-0.25, -0.2) is 0 Å². The van der Waals surface area contributed by atoms with Gasteiger partial charge in [-0.1, -0.05) is 54.6 Å². The van der Waals surface area contributed by atoms with Crippen LogP contribution in [-0.4, -0.2) is 0 Å². The van der Waals surface area contributed by atoms with Crippen LogP contribution in [0.1, 0.15) is 29.5 Å². The van der Waals surface area contributed by atoms with Crippen LogP contribution in [0, 0.1) is 13.8 Å².